The zero-order valence-electron chi connectivity index (χ0n) is 6.32. The van der Waals surface area contributed by atoms with E-state index >= 15 is 0 Å². The lowest BCUT2D eigenvalue weighted by Crippen LogP contribution is -2.33. The van der Waals surface area contributed by atoms with Crippen LogP contribution in [-0.2, 0) is 16.1 Å². The minimum atomic E-state index is -2.56. The predicted molar refractivity (Wildman–Crippen MR) is 39.3 cm³/mol. The Hall–Kier alpha value is -0.660. The summed E-state index contributed by atoms with van der Waals surface area (Å²) < 4.78 is 19.8. The summed E-state index contributed by atoms with van der Waals surface area (Å²) in [5.41, 5.74) is 0. The van der Waals surface area contributed by atoms with Crippen LogP contribution in [0, 0.1) is 0 Å². The minimum absolute atomic E-state index is 0.631. The zero-order valence-corrected chi connectivity index (χ0v) is 7.13. The minimum Gasteiger partial charge on any atom is -0.758 e. The van der Waals surface area contributed by atoms with Crippen molar-refractivity contribution in [3.8, 4) is 0 Å². The fraction of sp³-hybridized carbons (Fsp3) is 0.800. The fourth-order valence-corrected chi connectivity index (χ4v) is 1.17. The third kappa shape index (κ3) is 2.76. The van der Waals surface area contributed by atoms with Gasteiger partial charge in [0.1, 0.15) is 0 Å². The summed E-state index contributed by atoms with van der Waals surface area (Å²) in [5.74, 6) is 0. The van der Waals surface area contributed by atoms with E-state index in [0.717, 1.165) is 12.8 Å². The van der Waals surface area contributed by atoms with E-state index in [4.69, 9.17) is 0 Å². The normalized spacial score (nSPS) is 19.2. The lowest BCUT2D eigenvalue weighted by molar-refractivity contribution is 0.0900. The molecule has 1 N–H and O–H groups in total. The largest absolute Gasteiger partial charge is 0.758 e. The Morgan fingerprint density at radius 3 is 2.58 bits per heavy atom. The van der Waals surface area contributed by atoms with E-state index in [1.165, 1.54) is 4.90 Å². The van der Waals surface area contributed by atoms with Crippen LogP contribution >= 0.6 is 0 Å². The van der Waals surface area contributed by atoms with Crippen molar-refractivity contribution in [2.75, 3.05) is 13.1 Å². The van der Waals surface area contributed by atoms with Gasteiger partial charge in [0.05, 0.1) is 11.3 Å². The summed E-state index contributed by atoms with van der Waals surface area (Å²) in [6.45, 7) is 1.26. The molecule has 1 aliphatic rings. The van der Waals surface area contributed by atoms with Crippen molar-refractivity contribution >= 4 is 17.4 Å². The SMILES string of the molecule is O=C(ONS(=O)[O-])N1CCCC1. The summed E-state index contributed by atoms with van der Waals surface area (Å²) in [6.07, 6.45) is 1.24. The van der Waals surface area contributed by atoms with Gasteiger partial charge in [-0.15, -0.1) is 0 Å². The number of rotatable bonds is 2. The first-order valence-corrected chi connectivity index (χ1v) is 4.58. The van der Waals surface area contributed by atoms with Crippen LogP contribution in [-0.4, -0.2) is 32.8 Å². The number of nitrogens with one attached hydrogen (secondary N) is 1. The molecule has 0 bridgehead atoms. The van der Waals surface area contributed by atoms with E-state index < -0.39 is 17.4 Å². The van der Waals surface area contributed by atoms with Gasteiger partial charge in [-0.3, -0.25) is 4.21 Å². The Balaban J connectivity index is 2.23. The van der Waals surface area contributed by atoms with Crippen molar-refractivity contribution in [2.24, 2.45) is 0 Å². The maximum atomic E-state index is 10.9. The Kier molecular flexibility index (Phi) is 3.45. The Morgan fingerprint density at radius 2 is 2.08 bits per heavy atom. The highest BCUT2D eigenvalue weighted by atomic mass is 32.2. The average Bonchev–Trinajstić information content (AvgIpc) is 2.51. The Labute approximate surface area is 72.2 Å². The molecule has 1 aliphatic heterocycles. The molecule has 6 nitrogen and oxygen atoms in total. The molecule has 0 saturated carbocycles. The molecule has 0 aromatic carbocycles. The number of nitrogens with zero attached hydrogens (tertiary/aromatic N) is 1. The van der Waals surface area contributed by atoms with Gasteiger partial charge >= 0.3 is 6.09 Å². The van der Waals surface area contributed by atoms with Gasteiger partial charge in [-0.2, -0.15) is 0 Å². The molecule has 0 aliphatic carbocycles. The van der Waals surface area contributed by atoms with E-state index in [0.29, 0.717) is 13.1 Å². The number of carbonyl (C=O) groups excluding carboxylic acids is 1. The summed E-state index contributed by atoms with van der Waals surface area (Å²) in [7, 11) is 0. The van der Waals surface area contributed by atoms with Crippen molar-refractivity contribution in [2.45, 2.75) is 12.8 Å². The van der Waals surface area contributed by atoms with Crippen LogP contribution in [0.1, 0.15) is 12.8 Å². The van der Waals surface area contributed by atoms with E-state index in [1.807, 2.05) is 0 Å². The van der Waals surface area contributed by atoms with Gasteiger partial charge in [-0.1, -0.05) is 4.89 Å². The van der Waals surface area contributed by atoms with Crippen molar-refractivity contribution in [3.63, 3.8) is 0 Å². The number of amides is 1. The fourth-order valence-electron chi connectivity index (χ4n) is 1.03. The Morgan fingerprint density at radius 1 is 1.50 bits per heavy atom. The van der Waals surface area contributed by atoms with Crippen LogP contribution in [0.15, 0.2) is 0 Å². The third-order valence-electron chi connectivity index (χ3n) is 1.56. The monoisotopic (exact) mass is 193 g/mol. The number of likely N-dealkylation sites (tertiary alicyclic amines) is 1. The second-order valence-electron chi connectivity index (χ2n) is 2.38. The molecule has 1 amide bonds. The van der Waals surface area contributed by atoms with Gasteiger partial charge in [0.25, 0.3) is 0 Å². The lowest BCUT2D eigenvalue weighted by atomic mass is 10.4. The molecule has 1 atom stereocenters. The smallest absolute Gasteiger partial charge is 0.429 e. The zero-order chi connectivity index (χ0) is 8.97. The van der Waals surface area contributed by atoms with Gasteiger partial charge in [-0.25, -0.2) is 4.79 Å². The summed E-state index contributed by atoms with van der Waals surface area (Å²) in [4.78, 5) is 18.1. The second-order valence-corrected chi connectivity index (χ2v) is 3.02. The van der Waals surface area contributed by atoms with Crippen LogP contribution in [0.25, 0.3) is 0 Å². The van der Waals surface area contributed by atoms with E-state index in [1.54, 1.807) is 4.89 Å². The van der Waals surface area contributed by atoms with Crippen LogP contribution in [0.5, 0.6) is 0 Å². The third-order valence-corrected chi connectivity index (χ3v) is 1.78. The molecule has 1 fully saturated rings. The number of hydrogen-bond donors (Lipinski definition) is 1. The highest BCUT2D eigenvalue weighted by Gasteiger charge is 2.18. The topological polar surface area (TPSA) is 81.7 Å². The summed E-state index contributed by atoms with van der Waals surface area (Å²) in [5, 5.41) is 0. The first kappa shape index (κ1) is 9.43. The van der Waals surface area contributed by atoms with Gasteiger partial charge < -0.3 is 14.3 Å². The predicted octanol–water partition coefficient (Wildman–Crippen LogP) is -0.482. The van der Waals surface area contributed by atoms with Crippen LogP contribution in [0.3, 0.4) is 0 Å². The van der Waals surface area contributed by atoms with Crippen LogP contribution in [0.2, 0.25) is 0 Å². The first-order chi connectivity index (χ1) is 5.70. The lowest BCUT2D eigenvalue weighted by Gasteiger charge is -2.15. The maximum absolute atomic E-state index is 10.9. The van der Waals surface area contributed by atoms with Gasteiger partial charge in [-0.05, 0) is 12.8 Å². The van der Waals surface area contributed by atoms with Crippen molar-refractivity contribution in [3.05, 3.63) is 0 Å². The highest BCUT2D eigenvalue weighted by molar-refractivity contribution is 7.76. The molecule has 1 rings (SSSR count). The molecule has 1 unspecified atom stereocenters. The van der Waals surface area contributed by atoms with E-state index in [2.05, 4.69) is 4.84 Å². The van der Waals surface area contributed by atoms with Crippen molar-refractivity contribution in [1.29, 1.82) is 0 Å². The summed E-state index contributed by atoms with van der Waals surface area (Å²) in [6, 6.07) is 0. The van der Waals surface area contributed by atoms with Crippen LogP contribution < -0.4 is 4.89 Å². The van der Waals surface area contributed by atoms with E-state index in [-0.39, 0.29) is 0 Å². The molecule has 0 radical (unpaired) electrons. The molecule has 1 saturated heterocycles. The van der Waals surface area contributed by atoms with Gasteiger partial charge in [0.2, 0.25) is 0 Å². The van der Waals surface area contributed by atoms with Gasteiger partial charge in [0, 0.05) is 13.1 Å². The van der Waals surface area contributed by atoms with Gasteiger partial charge in [0.15, 0.2) is 0 Å². The first-order valence-electron chi connectivity index (χ1n) is 3.51. The standard InChI is InChI=1S/C5H10N2O4S/c8-5(11-6-12(9)10)7-3-1-2-4-7/h6H,1-4H2,(H,9,10)/p-1. The molecule has 1 heterocycles. The number of hydrogen-bond acceptors (Lipinski definition) is 4. The molecule has 0 spiro atoms. The maximum Gasteiger partial charge on any atom is 0.429 e. The number of carbonyl (C=O) groups is 1. The molecular weight excluding hydrogens is 184 g/mol. The van der Waals surface area contributed by atoms with Crippen molar-refractivity contribution < 1.29 is 18.4 Å². The Bertz CT molecular complexity index is 192. The molecule has 7 heteroatoms. The molecule has 0 aromatic rings. The van der Waals surface area contributed by atoms with Crippen molar-refractivity contribution in [1.82, 2.24) is 9.79 Å². The average molecular weight is 193 g/mol. The molecular formula is C5H9N2O4S-. The highest BCUT2D eigenvalue weighted by Crippen LogP contribution is 2.07. The van der Waals surface area contributed by atoms with E-state index in [9.17, 15) is 13.6 Å². The van der Waals surface area contributed by atoms with Crippen LogP contribution in [0.4, 0.5) is 4.79 Å². The molecule has 12 heavy (non-hydrogen) atoms. The quantitative estimate of drug-likeness (QED) is 0.474. The molecule has 0 aromatic heterocycles. The summed E-state index contributed by atoms with van der Waals surface area (Å²) >= 11 is -2.56. The second kappa shape index (κ2) is 4.39. The molecule has 70 valence electrons.